The lowest BCUT2D eigenvalue weighted by Gasteiger charge is -2.13. The number of pyridine rings is 1. The first-order valence-corrected chi connectivity index (χ1v) is 7.46. The third-order valence-electron chi connectivity index (χ3n) is 4.07. The predicted molar refractivity (Wildman–Crippen MR) is 94.0 cm³/mol. The van der Waals surface area contributed by atoms with Gasteiger partial charge in [-0.1, -0.05) is 24.8 Å². The van der Waals surface area contributed by atoms with E-state index in [2.05, 4.69) is 17.6 Å². The first kappa shape index (κ1) is 16.3. The van der Waals surface area contributed by atoms with Crippen molar-refractivity contribution in [3.8, 4) is 23.1 Å². The number of para-hydroxylation sites is 1. The van der Waals surface area contributed by atoms with Crippen molar-refractivity contribution in [1.29, 1.82) is 5.26 Å². The van der Waals surface area contributed by atoms with Gasteiger partial charge in [-0.3, -0.25) is 0 Å². The second-order valence-electron chi connectivity index (χ2n) is 5.39. The molecular formula is C19H15N3O3. The van der Waals surface area contributed by atoms with Gasteiger partial charge in [-0.15, -0.1) is 0 Å². The summed E-state index contributed by atoms with van der Waals surface area (Å²) in [5.41, 5.74) is 2.36. The van der Waals surface area contributed by atoms with Gasteiger partial charge in [-0.2, -0.15) is 5.26 Å². The van der Waals surface area contributed by atoms with Gasteiger partial charge in [0, 0.05) is 24.1 Å². The molecule has 0 aliphatic heterocycles. The van der Waals surface area contributed by atoms with E-state index >= 15 is 0 Å². The van der Waals surface area contributed by atoms with Crippen LogP contribution in [0.15, 0.2) is 36.9 Å². The average molecular weight is 333 g/mol. The highest BCUT2D eigenvalue weighted by atomic mass is 16.5. The van der Waals surface area contributed by atoms with Crippen molar-refractivity contribution in [2.75, 3.05) is 7.11 Å². The summed E-state index contributed by atoms with van der Waals surface area (Å²) in [4.78, 5) is 16.4. The van der Waals surface area contributed by atoms with Crippen LogP contribution in [0.5, 0.6) is 5.75 Å². The molecule has 0 saturated carbocycles. The topological polar surface area (TPSA) is 88.1 Å². The lowest BCUT2D eigenvalue weighted by Crippen LogP contribution is -2.09. The first-order chi connectivity index (χ1) is 12.0. The molecule has 25 heavy (non-hydrogen) atoms. The second-order valence-corrected chi connectivity index (χ2v) is 5.39. The number of esters is 1. The summed E-state index contributed by atoms with van der Waals surface area (Å²) < 4.78 is 6.22. The summed E-state index contributed by atoms with van der Waals surface area (Å²) in [7, 11) is 2.88. The highest BCUT2D eigenvalue weighted by molar-refractivity contribution is 5.97. The number of methoxy groups -OCH3 is 1. The van der Waals surface area contributed by atoms with E-state index in [1.807, 2.05) is 12.1 Å². The van der Waals surface area contributed by atoms with Gasteiger partial charge in [-0.05, 0) is 12.1 Å². The Balaban J connectivity index is 2.44. The molecule has 0 spiro atoms. The van der Waals surface area contributed by atoms with Gasteiger partial charge in [0.1, 0.15) is 17.5 Å². The quantitative estimate of drug-likeness (QED) is 0.743. The number of benzene rings is 1. The lowest BCUT2D eigenvalue weighted by molar-refractivity contribution is 0.0590. The number of carbonyl (C=O) groups is 1. The summed E-state index contributed by atoms with van der Waals surface area (Å²) in [5.74, 6) is -0.726. The highest BCUT2D eigenvalue weighted by Gasteiger charge is 2.24. The van der Waals surface area contributed by atoms with E-state index in [0.717, 1.165) is 0 Å². The smallest absolute Gasteiger partial charge is 0.354 e. The van der Waals surface area contributed by atoms with Crippen molar-refractivity contribution in [3.63, 3.8) is 0 Å². The van der Waals surface area contributed by atoms with Crippen LogP contribution in [0, 0.1) is 11.3 Å². The molecule has 6 nitrogen and oxygen atoms in total. The maximum Gasteiger partial charge on any atom is 0.354 e. The fourth-order valence-corrected chi connectivity index (χ4v) is 2.92. The molecule has 1 aromatic carbocycles. The van der Waals surface area contributed by atoms with Crippen LogP contribution >= 0.6 is 0 Å². The highest BCUT2D eigenvalue weighted by Crippen LogP contribution is 2.38. The molecule has 0 amide bonds. The van der Waals surface area contributed by atoms with Gasteiger partial charge in [0.05, 0.1) is 29.6 Å². The van der Waals surface area contributed by atoms with Crippen molar-refractivity contribution in [1.82, 2.24) is 9.55 Å². The largest absolute Gasteiger partial charge is 0.506 e. The number of rotatable bonds is 3. The van der Waals surface area contributed by atoms with Gasteiger partial charge >= 0.3 is 5.97 Å². The molecule has 6 heteroatoms. The molecule has 0 aliphatic rings. The molecule has 1 N–H and O–H groups in total. The van der Waals surface area contributed by atoms with Gasteiger partial charge in [-0.25, -0.2) is 9.78 Å². The van der Waals surface area contributed by atoms with Gasteiger partial charge in [0.25, 0.3) is 0 Å². The minimum atomic E-state index is -0.587. The summed E-state index contributed by atoms with van der Waals surface area (Å²) in [6, 6.07) is 10.7. The Morgan fingerprint density at radius 2 is 2.16 bits per heavy atom. The van der Waals surface area contributed by atoms with Crippen molar-refractivity contribution in [2.24, 2.45) is 7.05 Å². The zero-order valence-electron chi connectivity index (χ0n) is 13.8. The molecule has 0 aliphatic carbocycles. The van der Waals surface area contributed by atoms with E-state index in [4.69, 9.17) is 4.74 Å². The van der Waals surface area contributed by atoms with Crippen molar-refractivity contribution < 1.29 is 14.6 Å². The Morgan fingerprint density at radius 3 is 2.80 bits per heavy atom. The Kier molecular flexibility index (Phi) is 3.99. The van der Waals surface area contributed by atoms with Gasteiger partial charge < -0.3 is 14.4 Å². The number of aromatic hydroxyl groups is 1. The number of hydrogen-bond donors (Lipinski definition) is 1. The van der Waals surface area contributed by atoms with Gasteiger partial charge in [0.2, 0.25) is 0 Å². The predicted octanol–water partition coefficient (Wildman–Crippen LogP) is 3.25. The Bertz CT molecular complexity index is 1060. The van der Waals surface area contributed by atoms with E-state index < -0.39 is 5.97 Å². The zero-order chi connectivity index (χ0) is 18.1. The standard InChI is InChI=1S/C19H15N3O3/c1-4-13-17(12(10-20)11-7-5-6-8-14(11)21-13)18-16(23)9-15(22(18)2)19(24)25-3/h4-9,23H,1H2,2-3H3. The van der Waals surface area contributed by atoms with Crippen LogP contribution in [-0.4, -0.2) is 27.7 Å². The number of carbonyl (C=O) groups excluding carboxylic acids is 1. The maximum atomic E-state index is 11.9. The minimum absolute atomic E-state index is 0.139. The van der Waals surface area contributed by atoms with Crippen LogP contribution in [0.4, 0.5) is 0 Å². The third kappa shape index (κ3) is 2.42. The molecule has 0 atom stereocenters. The second kappa shape index (κ2) is 6.13. The molecule has 0 fully saturated rings. The number of hydrogen-bond acceptors (Lipinski definition) is 5. The number of nitriles is 1. The van der Waals surface area contributed by atoms with E-state index in [9.17, 15) is 15.2 Å². The van der Waals surface area contributed by atoms with Crippen LogP contribution < -0.4 is 0 Å². The molecule has 0 unspecified atom stereocenters. The Morgan fingerprint density at radius 1 is 1.44 bits per heavy atom. The molecule has 2 heterocycles. The van der Waals surface area contributed by atoms with Crippen LogP contribution in [0.2, 0.25) is 0 Å². The SMILES string of the molecule is C=Cc1nc2ccccc2c(C#N)c1-c1c(O)cc(C(=O)OC)n1C. The fraction of sp³-hybridized carbons (Fsp3) is 0.105. The number of ether oxygens (including phenoxy) is 1. The summed E-state index contributed by atoms with van der Waals surface area (Å²) in [6.07, 6.45) is 1.52. The number of fused-ring (bicyclic) bond motifs is 1. The van der Waals surface area contributed by atoms with E-state index in [-0.39, 0.29) is 11.4 Å². The van der Waals surface area contributed by atoms with Crippen molar-refractivity contribution in [2.45, 2.75) is 0 Å². The number of aromatic nitrogens is 2. The van der Waals surface area contributed by atoms with E-state index in [0.29, 0.717) is 33.4 Å². The number of nitrogens with zero attached hydrogens (tertiary/aromatic N) is 3. The van der Waals surface area contributed by atoms with Crippen molar-refractivity contribution >= 4 is 22.9 Å². The third-order valence-corrected chi connectivity index (χ3v) is 4.07. The molecule has 0 bridgehead atoms. The lowest BCUT2D eigenvalue weighted by atomic mass is 9.98. The normalized spacial score (nSPS) is 10.4. The molecule has 3 rings (SSSR count). The monoisotopic (exact) mass is 333 g/mol. The van der Waals surface area contributed by atoms with Crippen LogP contribution in [0.3, 0.4) is 0 Å². The molecule has 0 saturated heterocycles. The van der Waals surface area contributed by atoms with E-state index in [1.54, 1.807) is 19.2 Å². The summed E-state index contributed by atoms with van der Waals surface area (Å²) in [5, 5.41) is 20.8. The minimum Gasteiger partial charge on any atom is -0.506 e. The molecule has 2 aromatic heterocycles. The van der Waals surface area contributed by atoms with Crippen LogP contribution in [0.1, 0.15) is 21.7 Å². The van der Waals surface area contributed by atoms with Crippen LogP contribution in [0.25, 0.3) is 28.2 Å². The molecular weight excluding hydrogens is 318 g/mol. The van der Waals surface area contributed by atoms with Gasteiger partial charge in [0.15, 0.2) is 0 Å². The Labute approximate surface area is 144 Å². The first-order valence-electron chi connectivity index (χ1n) is 7.46. The zero-order valence-corrected chi connectivity index (χ0v) is 13.8. The fourth-order valence-electron chi connectivity index (χ4n) is 2.92. The average Bonchev–Trinajstić information content (AvgIpc) is 2.93. The van der Waals surface area contributed by atoms with Crippen LogP contribution in [-0.2, 0) is 11.8 Å². The van der Waals surface area contributed by atoms with E-state index in [1.165, 1.54) is 23.8 Å². The molecule has 3 aromatic rings. The maximum absolute atomic E-state index is 11.9. The Hall–Kier alpha value is -3.59. The molecule has 0 radical (unpaired) electrons. The van der Waals surface area contributed by atoms with Crippen molar-refractivity contribution in [3.05, 3.63) is 53.9 Å². The summed E-state index contributed by atoms with van der Waals surface area (Å²) in [6.45, 7) is 3.76. The molecule has 124 valence electrons. The summed E-state index contributed by atoms with van der Waals surface area (Å²) >= 11 is 0.